The maximum absolute atomic E-state index is 14.1. The maximum Gasteiger partial charge on any atom is 0.408 e. The molecule has 0 saturated heterocycles. The lowest BCUT2D eigenvalue weighted by Gasteiger charge is -2.34. The molecule has 0 aromatic heterocycles. The van der Waals surface area contributed by atoms with E-state index in [0.717, 1.165) is 16.3 Å². The fraction of sp³-hybridized carbons (Fsp3) is 0.344. The lowest BCUT2D eigenvalue weighted by atomic mass is 10.0. The third kappa shape index (κ3) is 8.61. The van der Waals surface area contributed by atoms with E-state index in [1.807, 2.05) is 79.9 Å². The molecule has 0 spiro atoms. The fourth-order valence-corrected chi connectivity index (χ4v) is 4.78. The second-order valence-corrected chi connectivity index (χ2v) is 11.6. The standard InChI is InChI=1S/C32H39N3O4S/c1-7-19-35(30(37)27(18-20-40-6)34-31(38)39-32(3,4)5)28(24-14-12-22(2)13-15-24)29(36)33-26-17-16-23-10-8-9-11-25(23)21-26/h7-17,21,27-28H,1,18-20H2,2-6H3,(H,33,36)(H,34,38). The molecule has 0 aliphatic carbocycles. The summed E-state index contributed by atoms with van der Waals surface area (Å²) in [6.07, 6.45) is 3.21. The molecule has 3 aromatic carbocycles. The van der Waals surface area contributed by atoms with Crippen molar-refractivity contribution in [2.24, 2.45) is 0 Å². The van der Waals surface area contributed by atoms with Crippen molar-refractivity contribution < 1.29 is 19.1 Å². The first-order valence-electron chi connectivity index (χ1n) is 13.3. The van der Waals surface area contributed by atoms with Gasteiger partial charge in [0, 0.05) is 12.2 Å². The number of carbonyl (C=O) groups excluding carboxylic acids is 3. The van der Waals surface area contributed by atoms with E-state index in [1.165, 1.54) is 4.90 Å². The molecule has 2 N–H and O–H groups in total. The van der Waals surface area contributed by atoms with Crippen LogP contribution in [0.15, 0.2) is 79.4 Å². The molecule has 8 heteroatoms. The van der Waals surface area contributed by atoms with Crippen LogP contribution in [0.2, 0.25) is 0 Å². The van der Waals surface area contributed by atoms with E-state index >= 15 is 0 Å². The van der Waals surface area contributed by atoms with Crippen LogP contribution in [0.25, 0.3) is 10.8 Å². The molecule has 0 bridgehead atoms. The summed E-state index contributed by atoms with van der Waals surface area (Å²) in [6.45, 7) is 11.2. The van der Waals surface area contributed by atoms with E-state index in [1.54, 1.807) is 38.6 Å². The molecule has 212 valence electrons. The minimum Gasteiger partial charge on any atom is -0.444 e. The van der Waals surface area contributed by atoms with Crippen LogP contribution < -0.4 is 10.6 Å². The predicted molar refractivity (Wildman–Crippen MR) is 165 cm³/mol. The van der Waals surface area contributed by atoms with Crippen LogP contribution in [-0.2, 0) is 14.3 Å². The third-order valence-corrected chi connectivity index (χ3v) is 6.82. The van der Waals surface area contributed by atoms with Gasteiger partial charge in [0.25, 0.3) is 5.91 Å². The van der Waals surface area contributed by atoms with E-state index in [2.05, 4.69) is 17.2 Å². The van der Waals surface area contributed by atoms with Crippen LogP contribution in [0, 0.1) is 6.92 Å². The number of carbonyl (C=O) groups is 3. The van der Waals surface area contributed by atoms with Crippen molar-refractivity contribution in [1.82, 2.24) is 10.2 Å². The lowest BCUT2D eigenvalue weighted by molar-refractivity contribution is -0.140. The lowest BCUT2D eigenvalue weighted by Crippen LogP contribution is -2.52. The summed E-state index contributed by atoms with van der Waals surface area (Å²) in [5.74, 6) is -0.124. The number of amides is 3. The molecular formula is C32H39N3O4S. The molecule has 0 aliphatic rings. The smallest absolute Gasteiger partial charge is 0.408 e. The highest BCUT2D eigenvalue weighted by atomic mass is 32.2. The Hall–Kier alpha value is -3.78. The zero-order valence-corrected chi connectivity index (χ0v) is 24.7. The van der Waals surface area contributed by atoms with E-state index < -0.39 is 23.8 Å². The van der Waals surface area contributed by atoms with Gasteiger partial charge in [0.05, 0.1) is 0 Å². The number of rotatable bonds is 11. The Kier molecular flexibility index (Phi) is 10.8. The van der Waals surface area contributed by atoms with Crippen molar-refractivity contribution in [3.8, 4) is 0 Å². The van der Waals surface area contributed by atoms with Crippen molar-refractivity contribution in [2.45, 2.75) is 51.8 Å². The number of alkyl carbamates (subject to hydrolysis) is 1. The van der Waals surface area contributed by atoms with Gasteiger partial charge in [-0.1, -0.05) is 66.2 Å². The number of nitrogens with one attached hydrogen (secondary N) is 2. The van der Waals surface area contributed by atoms with Crippen molar-refractivity contribution >= 4 is 46.1 Å². The first-order chi connectivity index (χ1) is 19.0. The largest absolute Gasteiger partial charge is 0.444 e. The Labute approximate surface area is 241 Å². The average molecular weight is 562 g/mol. The number of hydrogen-bond acceptors (Lipinski definition) is 5. The number of thioether (sulfide) groups is 1. The van der Waals surface area contributed by atoms with Gasteiger partial charge in [-0.3, -0.25) is 9.59 Å². The van der Waals surface area contributed by atoms with Crippen LogP contribution in [0.1, 0.15) is 44.4 Å². The average Bonchev–Trinajstić information content (AvgIpc) is 2.90. The number of aryl methyl sites for hydroxylation is 1. The summed E-state index contributed by atoms with van der Waals surface area (Å²) >= 11 is 1.57. The number of fused-ring (bicyclic) bond motifs is 1. The highest BCUT2D eigenvalue weighted by Gasteiger charge is 2.35. The molecule has 0 fully saturated rings. The SMILES string of the molecule is C=CCN(C(=O)C(CCSC)NC(=O)OC(C)(C)C)C(C(=O)Nc1ccc2ccccc2c1)c1ccc(C)cc1. The van der Waals surface area contributed by atoms with Gasteiger partial charge in [-0.2, -0.15) is 11.8 Å². The fourth-order valence-electron chi connectivity index (χ4n) is 4.30. The monoisotopic (exact) mass is 561 g/mol. The van der Waals surface area contributed by atoms with Crippen molar-refractivity contribution in [2.75, 3.05) is 23.9 Å². The van der Waals surface area contributed by atoms with Crippen LogP contribution in [0.3, 0.4) is 0 Å². The summed E-state index contributed by atoms with van der Waals surface area (Å²) in [7, 11) is 0. The quantitative estimate of drug-likeness (QED) is 0.261. The molecule has 7 nitrogen and oxygen atoms in total. The summed E-state index contributed by atoms with van der Waals surface area (Å²) in [6, 6.07) is 19.3. The van der Waals surface area contributed by atoms with Crippen molar-refractivity contribution in [3.63, 3.8) is 0 Å². The van der Waals surface area contributed by atoms with Gasteiger partial charge in [0.2, 0.25) is 5.91 Å². The predicted octanol–water partition coefficient (Wildman–Crippen LogP) is 6.49. The van der Waals surface area contributed by atoms with Gasteiger partial charge in [-0.05, 0) is 74.6 Å². The van der Waals surface area contributed by atoms with E-state index in [9.17, 15) is 14.4 Å². The first-order valence-corrected chi connectivity index (χ1v) is 14.7. The molecule has 3 rings (SSSR count). The Balaban J connectivity index is 1.98. The van der Waals surface area contributed by atoms with Crippen molar-refractivity contribution in [1.29, 1.82) is 0 Å². The van der Waals surface area contributed by atoms with Crippen LogP contribution >= 0.6 is 11.8 Å². The van der Waals surface area contributed by atoms with Gasteiger partial charge >= 0.3 is 6.09 Å². The van der Waals surface area contributed by atoms with Crippen LogP contribution in [0.4, 0.5) is 10.5 Å². The number of ether oxygens (including phenoxy) is 1. The van der Waals surface area contributed by atoms with E-state index in [4.69, 9.17) is 4.74 Å². The first kappa shape index (κ1) is 30.8. The number of nitrogens with zero attached hydrogens (tertiary/aromatic N) is 1. The van der Waals surface area contributed by atoms with Gasteiger partial charge < -0.3 is 20.3 Å². The third-order valence-electron chi connectivity index (χ3n) is 6.18. The van der Waals surface area contributed by atoms with Crippen molar-refractivity contribution in [3.05, 3.63) is 90.5 Å². The van der Waals surface area contributed by atoms with Gasteiger partial charge in [-0.15, -0.1) is 6.58 Å². The highest BCUT2D eigenvalue weighted by Crippen LogP contribution is 2.27. The molecule has 0 radical (unpaired) electrons. The number of anilines is 1. The maximum atomic E-state index is 14.1. The molecule has 3 aromatic rings. The second-order valence-electron chi connectivity index (χ2n) is 10.6. The molecule has 0 saturated carbocycles. The topological polar surface area (TPSA) is 87.7 Å². The molecule has 40 heavy (non-hydrogen) atoms. The second kappa shape index (κ2) is 14.0. The summed E-state index contributed by atoms with van der Waals surface area (Å²) in [5.41, 5.74) is 1.59. The minimum atomic E-state index is -0.963. The van der Waals surface area contributed by atoms with Gasteiger partial charge in [0.1, 0.15) is 17.7 Å². The molecule has 0 heterocycles. The molecule has 2 atom stereocenters. The minimum absolute atomic E-state index is 0.105. The molecular weight excluding hydrogens is 522 g/mol. The normalized spacial score (nSPS) is 12.7. The molecule has 0 aliphatic heterocycles. The van der Waals surface area contributed by atoms with Crippen LogP contribution in [-0.4, -0.2) is 53.0 Å². The molecule has 3 amide bonds. The zero-order chi connectivity index (χ0) is 29.3. The molecule has 2 unspecified atom stereocenters. The Bertz CT molecular complexity index is 1330. The van der Waals surface area contributed by atoms with Crippen LogP contribution in [0.5, 0.6) is 0 Å². The summed E-state index contributed by atoms with van der Waals surface area (Å²) < 4.78 is 5.43. The van der Waals surface area contributed by atoms with Gasteiger partial charge in [-0.25, -0.2) is 4.79 Å². The summed E-state index contributed by atoms with van der Waals surface area (Å²) in [4.78, 5) is 42.2. The van der Waals surface area contributed by atoms with E-state index in [-0.39, 0.29) is 18.4 Å². The van der Waals surface area contributed by atoms with E-state index in [0.29, 0.717) is 23.4 Å². The Morgan fingerprint density at radius 2 is 1.70 bits per heavy atom. The number of hydrogen-bond donors (Lipinski definition) is 2. The zero-order valence-electron chi connectivity index (χ0n) is 23.9. The Morgan fingerprint density at radius 3 is 2.33 bits per heavy atom. The Morgan fingerprint density at radius 1 is 1.02 bits per heavy atom. The summed E-state index contributed by atoms with van der Waals surface area (Å²) in [5, 5.41) is 7.80. The van der Waals surface area contributed by atoms with Gasteiger partial charge in [0.15, 0.2) is 0 Å². The number of benzene rings is 3. The highest BCUT2D eigenvalue weighted by molar-refractivity contribution is 7.98.